The van der Waals surface area contributed by atoms with Crippen LogP contribution in [0, 0.1) is 5.92 Å². The fourth-order valence-electron chi connectivity index (χ4n) is 2.68. The molecule has 0 bridgehead atoms. The van der Waals surface area contributed by atoms with Gasteiger partial charge in [0.05, 0.1) is 17.9 Å². The highest BCUT2D eigenvalue weighted by molar-refractivity contribution is 7.89. The molecule has 10 heteroatoms. The van der Waals surface area contributed by atoms with Crippen LogP contribution >= 0.6 is 0 Å². The van der Waals surface area contributed by atoms with E-state index in [1.54, 1.807) is 6.07 Å². The Morgan fingerprint density at radius 1 is 1.25 bits per heavy atom. The van der Waals surface area contributed by atoms with Gasteiger partial charge in [-0.3, -0.25) is 0 Å². The first-order chi connectivity index (χ1) is 13.2. The molecule has 0 radical (unpaired) electrons. The molecule has 3 N–H and O–H groups in total. The molecule has 2 rings (SSSR count). The van der Waals surface area contributed by atoms with Crippen LogP contribution in [0.4, 0.5) is 13.2 Å². The Balaban J connectivity index is 1.86. The Morgan fingerprint density at radius 2 is 2.00 bits per heavy atom. The number of sulfonamides is 1. The summed E-state index contributed by atoms with van der Waals surface area (Å²) >= 11 is 0. The van der Waals surface area contributed by atoms with Gasteiger partial charge in [-0.05, 0) is 43.4 Å². The van der Waals surface area contributed by atoms with Crippen molar-refractivity contribution in [2.45, 2.75) is 38.9 Å². The minimum Gasteiger partial charge on any atom is -0.357 e. The lowest BCUT2D eigenvalue weighted by Gasteiger charge is -2.25. The van der Waals surface area contributed by atoms with Crippen molar-refractivity contribution in [1.29, 1.82) is 0 Å². The summed E-state index contributed by atoms with van der Waals surface area (Å²) in [7, 11) is -3.37. The number of benzene rings is 1. The first kappa shape index (κ1) is 22.5. The number of rotatable bonds is 9. The predicted molar refractivity (Wildman–Crippen MR) is 103 cm³/mol. The highest BCUT2D eigenvalue weighted by Crippen LogP contribution is 2.29. The van der Waals surface area contributed by atoms with Gasteiger partial charge in [0.15, 0.2) is 5.96 Å². The highest BCUT2D eigenvalue weighted by Gasteiger charge is 2.30. The van der Waals surface area contributed by atoms with Gasteiger partial charge in [-0.25, -0.2) is 18.1 Å². The zero-order valence-corrected chi connectivity index (χ0v) is 16.7. The number of guanidine groups is 1. The summed E-state index contributed by atoms with van der Waals surface area (Å²) in [6, 6.07) is 4.98. The average Bonchev–Trinajstić information content (AvgIpc) is 2.57. The van der Waals surface area contributed by atoms with E-state index in [0.29, 0.717) is 30.5 Å². The lowest BCUT2D eigenvalue weighted by molar-refractivity contribution is -0.137. The van der Waals surface area contributed by atoms with Crippen LogP contribution in [0.3, 0.4) is 0 Å². The second-order valence-electron chi connectivity index (χ2n) is 6.78. The van der Waals surface area contributed by atoms with Crippen molar-refractivity contribution >= 4 is 16.0 Å². The van der Waals surface area contributed by atoms with Crippen LogP contribution in [0.1, 0.15) is 37.3 Å². The van der Waals surface area contributed by atoms with E-state index in [9.17, 15) is 21.6 Å². The van der Waals surface area contributed by atoms with Crippen LogP contribution in [0.25, 0.3) is 0 Å². The van der Waals surface area contributed by atoms with Crippen molar-refractivity contribution in [1.82, 2.24) is 15.4 Å². The second-order valence-corrected chi connectivity index (χ2v) is 8.71. The van der Waals surface area contributed by atoms with Crippen molar-refractivity contribution in [2.24, 2.45) is 10.9 Å². The average molecular weight is 421 g/mol. The van der Waals surface area contributed by atoms with E-state index < -0.39 is 21.8 Å². The second kappa shape index (κ2) is 10.1. The van der Waals surface area contributed by atoms with Crippen LogP contribution in [0.2, 0.25) is 0 Å². The van der Waals surface area contributed by atoms with Gasteiger partial charge in [0.2, 0.25) is 10.0 Å². The van der Waals surface area contributed by atoms with Crippen LogP contribution in [0.15, 0.2) is 29.3 Å². The molecule has 1 aromatic carbocycles. The van der Waals surface area contributed by atoms with Gasteiger partial charge < -0.3 is 10.6 Å². The third-order valence-electron chi connectivity index (χ3n) is 4.50. The largest absolute Gasteiger partial charge is 0.416 e. The molecule has 0 heterocycles. The Hall–Kier alpha value is -1.81. The van der Waals surface area contributed by atoms with Crippen molar-refractivity contribution in [2.75, 3.05) is 25.4 Å². The van der Waals surface area contributed by atoms with Gasteiger partial charge in [0.1, 0.15) is 0 Å². The summed E-state index contributed by atoms with van der Waals surface area (Å²) in [5, 5.41) is 5.86. The summed E-state index contributed by atoms with van der Waals surface area (Å²) in [6.07, 6.45) is -1.12. The maximum Gasteiger partial charge on any atom is 0.416 e. The zero-order chi connectivity index (χ0) is 20.6. The molecule has 28 heavy (non-hydrogen) atoms. The van der Waals surface area contributed by atoms with Gasteiger partial charge in [-0.2, -0.15) is 13.2 Å². The topological polar surface area (TPSA) is 82.6 Å². The van der Waals surface area contributed by atoms with Gasteiger partial charge >= 0.3 is 6.18 Å². The molecular weight excluding hydrogens is 393 g/mol. The summed E-state index contributed by atoms with van der Waals surface area (Å²) in [5.74, 6) is 0.691. The zero-order valence-electron chi connectivity index (χ0n) is 15.8. The Morgan fingerprint density at radius 3 is 2.61 bits per heavy atom. The molecule has 0 aliphatic heterocycles. The first-order valence-electron chi connectivity index (χ1n) is 9.35. The van der Waals surface area contributed by atoms with Crippen molar-refractivity contribution in [3.05, 3.63) is 35.4 Å². The molecule has 1 aliphatic carbocycles. The standard InChI is InChI=1S/C18H27F3N4O2S/c1-2-22-17(23-9-10-28(26,27)25-13-14-5-3-6-14)24-12-15-7-4-8-16(11-15)18(19,20)21/h4,7-8,11,14,25H,2-3,5-6,9-10,12-13H2,1H3,(H2,22,23,24). The van der Waals surface area contributed by atoms with Crippen molar-refractivity contribution in [3.63, 3.8) is 0 Å². The maximum absolute atomic E-state index is 12.8. The Labute approximate surface area is 164 Å². The number of hydrogen-bond donors (Lipinski definition) is 3. The van der Waals surface area contributed by atoms with E-state index in [4.69, 9.17) is 0 Å². The van der Waals surface area contributed by atoms with Crippen LogP contribution in [0.5, 0.6) is 0 Å². The molecule has 6 nitrogen and oxygen atoms in total. The summed E-state index contributed by atoms with van der Waals surface area (Å²) in [4.78, 5) is 4.23. The number of aliphatic imine (C=N–C) groups is 1. The minimum atomic E-state index is -4.40. The van der Waals surface area contributed by atoms with Gasteiger partial charge in [0.25, 0.3) is 0 Å². The third kappa shape index (κ3) is 7.67. The molecule has 158 valence electrons. The molecule has 1 saturated carbocycles. The summed E-state index contributed by atoms with van der Waals surface area (Å²) in [5.41, 5.74) is -0.302. The SMILES string of the molecule is CCNC(=NCc1cccc(C(F)(F)F)c1)NCCS(=O)(=O)NCC1CCC1. The Bertz CT molecular complexity index is 762. The molecule has 0 amide bonds. The highest BCUT2D eigenvalue weighted by atomic mass is 32.2. The summed E-state index contributed by atoms with van der Waals surface area (Å²) < 4.78 is 65.0. The normalized spacial score (nSPS) is 15.9. The Kier molecular flexibility index (Phi) is 8.11. The molecule has 0 saturated heterocycles. The molecule has 1 aliphatic rings. The molecule has 1 fully saturated rings. The first-order valence-corrected chi connectivity index (χ1v) is 11.0. The minimum absolute atomic E-state index is 0.0476. The predicted octanol–water partition coefficient (Wildman–Crippen LogP) is 2.48. The molecular formula is C18H27F3N4O2S. The lowest BCUT2D eigenvalue weighted by Crippen LogP contribution is -2.42. The summed E-state index contributed by atoms with van der Waals surface area (Å²) in [6.45, 7) is 3.06. The monoisotopic (exact) mass is 420 g/mol. The van der Waals surface area contributed by atoms with E-state index in [1.807, 2.05) is 6.92 Å². The third-order valence-corrected chi connectivity index (χ3v) is 5.85. The van der Waals surface area contributed by atoms with Crippen molar-refractivity contribution in [3.8, 4) is 0 Å². The van der Waals surface area contributed by atoms with Crippen LogP contribution < -0.4 is 15.4 Å². The number of nitrogens with one attached hydrogen (secondary N) is 3. The lowest BCUT2D eigenvalue weighted by atomic mass is 9.86. The fourth-order valence-corrected chi connectivity index (χ4v) is 3.68. The number of hydrogen-bond acceptors (Lipinski definition) is 3. The van der Waals surface area contributed by atoms with Gasteiger partial charge in [0, 0.05) is 19.6 Å². The van der Waals surface area contributed by atoms with Gasteiger partial charge in [-0.1, -0.05) is 18.6 Å². The molecule has 0 unspecified atom stereocenters. The smallest absolute Gasteiger partial charge is 0.357 e. The van der Waals surface area contributed by atoms with E-state index in [1.165, 1.54) is 6.07 Å². The van der Waals surface area contributed by atoms with Crippen LogP contribution in [-0.2, 0) is 22.7 Å². The number of halogens is 3. The molecule has 0 spiro atoms. The van der Waals surface area contributed by atoms with E-state index in [0.717, 1.165) is 31.4 Å². The number of alkyl halides is 3. The maximum atomic E-state index is 12.8. The molecule has 0 atom stereocenters. The van der Waals surface area contributed by atoms with Gasteiger partial charge in [-0.15, -0.1) is 0 Å². The number of nitrogens with zero attached hydrogens (tertiary/aromatic N) is 1. The van der Waals surface area contributed by atoms with E-state index >= 15 is 0 Å². The van der Waals surface area contributed by atoms with E-state index in [-0.39, 0.29) is 18.8 Å². The van der Waals surface area contributed by atoms with E-state index in [2.05, 4.69) is 20.3 Å². The van der Waals surface area contributed by atoms with Crippen molar-refractivity contribution < 1.29 is 21.6 Å². The van der Waals surface area contributed by atoms with Crippen LogP contribution in [-0.4, -0.2) is 39.8 Å². The fraction of sp³-hybridized carbons (Fsp3) is 0.611. The molecule has 0 aromatic heterocycles. The quantitative estimate of drug-likeness (QED) is 0.423. The molecule has 1 aromatic rings.